The van der Waals surface area contributed by atoms with Crippen LogP contribution in [0.15, 0.2) is 22.4 Å². The summed E-state index contributed by atoms with van der Waals surface area (Å²) in [5, 5.41) is 4.03. The lowest BCUT2D eigenvalue weighted by molar-refractivity contribution is -0.134. The summed E-state index contributed by atoms with van der Waals surface area (Å²) in [6.45, 7) is 2.01. The van der Waals surface area contributed by atoms with E-state index in [1.165, 1.54) is 24.9 Å². The largest absolute Gasteiger partial charge is 0.466 e. The number of rotatable bonds is 1. The first-order chi connectivity index (χ1) is 7.61. The van der Waals surface area contributed by atoms with Gasteiger partial charge in [0, 0.05) is 17.3 Å². The smallest absolute Gasteiger partial charge is 0.332 e. The molecule has 4 nitrogen and oxygen atoms in total. The van der Waals surface area contributed by atoms with Crippen molar-refractivity contribution < 1.29 is 14.3 Å². The minimum Gasteiger partial charge on any atom is -0.466 e. The topological polar surface area (TPSA) is 55.4 Å². The van der Waals surface area contributed by atoms with Crippen LogP contribution in [0.3, 0.4) is 0 Å². The summed E-state index contributed by atoms with van der Waals surface area (Å²) in [4.78, 5) is 22.7. The molecule has 2 rings (SSSR count). The van der Waals surface area contributed by atoms with Crippen molar-refractivity contribution in [3.63, 3.8) is 0 Å². The molecule has 0 saturated heterocycles. The van der Waals surface area contributed by atoms with Crippen LogP contribution in [0.5, 0.6) is 0 Å². The molecule has 16 heavy (non-hydrogen) atoms. The summed E-state index contributed by atoms with van der Waals surface area (Å²) in [5.41, 5.74) is 1.70. The van der Waals surface area contributed by atoms with Gasteiger partial charge in [-0.15, -0.1) is 0 Å². The predicted octanol–water partition coefficient (Wildman–Crippen LogP) is 1.20. The fourth-order valence-electron chi connectivity index (χ4n) is 1.95. The van der Waals surface area contributed by atoms with Crippen molar-refractivity contribution in [1.29, 1.82) is 0 Å². The number of carbonyl (C=O) groups is 2. The van der Waals surface area contributed by atoms with Crippen LogP contribution in [0.1, 0.15) is 13.3 Å². The minimum atomic E-state index is -0.368. The first-order valence-corrected chi connectivity index (χ1v) is 6.06. The quantitative estimate of drug-likeness (QED) is 0.550. The van der Waals surface area contributed by atoms with E-state index in [2.05, 4.69) is 10.1 Å². The molecule has 0 saturated carbocycles. The van der Waals surface area contributed by atoms with E-state index >= 15 is 0 Å². The maximum atomic E-state index is 11.6. The molecule has 0 aliphatic carbocycles. The molecule has 2 aliphatic heterocycles. The second-order valence-corrected chi connectivity index (χ2v) is 4.86. The number of nitrogens with one attached hydrogen (secondary N) is 1. The molecule has 1 N–H and O–H groups in total. The van der Waals surface area contributed by atoms with Crippen molar-refractivity contribution in [1.82, 2.24) is 5.32 Å². The molecule has 0 aromatic rings. The highest BCUT2D eigenvalue weighted by atomic mass is 32.2. The average molecular weight is 239 g/mol. The summed E-state index contributed by atoms with van der Waals surface area (Å²) in [5.74, 6) is 0.521. The Morgan fingerprint density at radius 2 is 2.38 bits per heavy atom. The molecule has 2 aliphatic rings. The molecule has 0 amide bonds. The lowest BCUT2D eigenvalue weighted by atomic mass is 9.91. The standard InChI is InChI=1S/C11H13NO3S/c1-6-3-7(4-9(14)15-2)12-11-10(6)8(13)5-16-11/h4,6,12H,3,5H2,1-2H3/b7-4-/t6-/m1/s1. The number of methoxy groups -OCH3 is 1. The number of Topliss-reactive ketones (excluding diaryl/α,β-unsaturated/α-hetero) is 1. The van der Waals surface area contributed by atoms with Crippen molar-refractivity contribution in [3.8, 4) is 0 Å². The monoisotopic (exact) mass is 239 g/mol. The maximum absolute atomic E-state index is 11.6. The van der Waals surface area contributed by atoms with Gasteiger partial charge in [0.1, 0.15) is 0 Å². The van der Waals surface area contributed by atoms with Gasteiger partial charge >= 0.3 is 5.97 Å². The fraction of sp³-hybridized carbons (Fsp3) is 0.455. The number of hydrogen-bond acceptors (Lipinski definition) is 5. The first kappa shape index (κ1) is 11.3. The molecule has 0 aromatic carbocycles. The molecule has 86 valence electrons. The third-order valence-corrected chi connectivity index (χ3v) is 3.70. The van der Waals surface area contributed by atoms with E-state index in [-0.39, 0.29) is 17.7 Å². The Bertz CT molecular complexity index is 411. The fourth-order valence-corrected chi connectivity index (χ4v) is 3.05. The van der Waals surface area contributed by atoms with Crippen molar-refractivity contribution in [2.75, 3.05) is 12.9 Å². The molecule has 0 fully saturated rings. The van der Waals surface area contributed by atoms with E-state index in [4.69, 9.17) is 0 Å². The highest BCUT2D eigenvalue weighted by Gasteiger charge is 2.32. The van der Waals surface area contributed by atoms with Gasteiger partial charge in [0.25, 0.3) is 0 Å². The Morgan fingerprint density at radius 1 is 1.62 bits per heavy atom. The van der Waals surface area contributed by atoms with Crippen LogP contribution in [-0.2, 0) is 14.3 Å². The Hall–Kier alpha value is -1.23. The third kappa shape index (κ3) is 2.00. The van der Waals surface area contributed by atoms with Crippen molar-refractivity contribution in [3.05, 3.63) is 22.4 Å². The van der Waals surface area contributed by atoms with Gasteiger partial charge in [-0.25, -0.2) is 4.79 Å². The zero-order valence-corrected chi connectivity index (χ0v) is 10.0. The summed E-state index contributed by atoms with van der Waals surface area (Å²) in [7, 11) is 1.35. The maximum Gasteiger partial charge on any atom is 0.332 e. The van der Waals surface area contributed by atoms with E-state index in [1.54, 1.807) is 0 Å². The number of ether oxygens (including phenoxy) is 1. The van der Waals surface area contributed by atoms with Gasteiger partial charge < -0.3 is 10.1 Å². The van der Waals surface area contributed by atoms with Gasteiger partial charge in [0.2, 0.25) is 0 Å². The van der Waals surface area contributed by atoms with Crippen LogP contribution in [0, 0.1) is 5.92 Å². The van der Waals surface area contributed by atoms with E-state index in [0.29, 0.717) is 12.2 Å². The van der Waals surface area contributed by atoms with Crippen LogP contribution in [0.4, 0.5) is 0 Å². The number of thioether (sulfide) groups is 1. The number of ketones is 1. The summed E-state index contributed by atoms with van der Waals surface area (Å²) in [6.07, 6.45) is 2.13. The second kappa shape index (κ2) is 4.33. The first-order valence-electron chi connectivity index (χ1n) is 5.07. The summed E-state index contributed by atoms with van der Waals surface area (Å²) in [6, 6.07) is 0. The molecule has 0 radical (unpaired) electrons. The normalized spacial score (nSPS) is 26.8. The van der Waals surface area contributed by atoms with Crippen LogP contribution in [0.2, 0.25) is 0 Å². The summed E-state index contributed by atoms with van der Waals surface area (Å²) >= 11 is 1.50. The van der Waals surface area contributed by atoms with Crippen molar-refractivity contribution >= 4 is 23.5 Å². The highest BCUT2D eigenvalue weighted by molar-refractivity contribution is 8.04. The Kier molecular flexibility index (Phi) is 3.05. The van der Waals surface area contributed by atoms with Gasteiger partial charge in [0.15, 0.2) is 5.78 Å². The predicted molar refractivity (Wildman–Crippen MR) is 61.5 cm³/mol. The number of allylic oxidation sites excluding steroid dienone is 2. The zero-order valence-electron chi connectivity index (χ0n) is 9.20. The number of esters is 1. The van der Waals surface area contributed by atoms with Crippen LogP contribution in [0.25, 0.3) is 0 Å². The van der Waals surface area contributed by atoms with Crippen molar-refractivity contribution in [2.45, 2.75) is 13.3 Å². The van der Waals surface area contributed by atoms with E-state index < -0.39 is 0 Å². The third-order valence-electron chi connectivity index (χ3n) is 2.68. The van der Waals surface area contributed by atoms with E-state index in [1.807, 2.05) is 6.92 Å². The van der Waals surface area contributed by atoms with Crippen LogP contribution >= 0.6 is 11.8 Å². The molecule has 0 bridgehead atoms. The van der Waals surface area contributed by atoms with E-state index in [9.17, 15) is 9.59 Å². The molecular formula is C11H13NO3S. The molecule has 0 aromatic heterocycles. The molecule has 1 atom stereocenters. The average Bonchev–Trinajstić information content (AvgIpc) is 2.60. The zero-order chi connectivity index (χ0) is 11.7. The van der Waals surface area contributed by atoms with Crippen molar-refractivity contribution in [2.24, 2.45) is 5.92 Å². The van der Waals surface area contributed by atoms with Gasteiger partial charge in [-0.1, -0.05) is 18.7 Å². The molecule has 0 unspecified atom stereocenters. The Morgan fingerprint density at radius 3 is 3.06 bits per heavy atom. The van der Waals surface area contributed by atoms with Gasteiger partial charge in [-0.3, -0.25) is 4.79 Å². The van der Waals surface area contributed by atoms with Gasteiger partial charge in [0.05, 0.1) is 17.9 Å². The minimum absolute atomic E-state index is 0.176. The van der Waals surface area contributed by atoms with Crippen LogP contribution < -0.4 is 5.32 Å². The second-order valence-electron chi connectivity index (χ2n) is 3.88. The number of hydrogen-bond donors (Lipinski definition) is 1. The Balaban J connectivity index is 2.22. The SMILES string of the molecule is COC(=O)/C=C1/C[C@@H](C)C2=C(N1)SCC2=O. The Labute approximate surface area is 98.1 Å². The van der Waals surface area contributed by atoms with Crippen LogP contribution in [-0.4, -0.2) is 24.6 Å². The molecule has 2 heterocycles. The number of carbonyl (C=O) groups excluding carboxylic acids is 2. The lowest BCUT2D eigenvalue weighted by Crippen LogP contribution is -2.24. The molecular weight excluding hydrogens is 226 g/mol. The highest BCUT2D eigenvalue weighted by Crippen LogP contribution is 2.38. The van der Waals surface area contributed by atoms with Gasteiger partial charge in [-0.2, -0.15) is 0 Å². The lowest BCUT2D eigenvalue weighted by Gasteiger charge is -2.23. The molecule has 5 heteroatoms. The molecule has 0 spiro atoms. The van der Waals surface area contributed by atoms with E-state index in [0.717, 1.165) is 16.3 Å². The summed E-state index contributed by atoms with van der Waals surface area (Å²) < 4.78 is 4.58. The van der Waals surface area contributed by atoms with Gasteiger partial charge in [-0.05, 0) is 12.3 Å².